The van der Waals surface area contributed by atoms with E-state index in [9.17, 15) is 4.79 Å². The monoisotopic (exact) mass is 126 g/mol. The molecule has 0 bridgehead atoms. The van der Waals surface area contributed by atoms with E-state index in [4.69, 9.17) is 5.11 Å². The Bertz CT molecular complexity index is 228. The first kappa shape index (κ1) is 5.81. The number of aryl methyl sites for hydroxylation is 1. The molecule has 0 saturated carbocycles. The number of carboxylic acids is 1. The third-order valence-electron chi connectivity index (χ3n) is 0.884. The van der Waals surface area contributed by atoms with Crippen LogP contribution in [0.3, 0.4) is 0 Å². The molecule has 1 N–H and O–H groups in total. The first-order valence-electron chi connectivity index (χ1n) is 2.28. The zero-order valence-corrected chi connectivity index (χ0v) is 4.71. The van der Waals surface area contributed by atoms with Crippen LogP contribution < -0.4 is 0 Å². The topological polar surface area (TPSA) is 63.3 Å². The van der Waals surface area contributed by atoms with Gasteiger partial charge in [0.2, 0.25) is 5.76 Å². The van der Waals surface area contributed by atoms with Gasteiger partial charge in [-0.3, -0.25) is 0 Å². The van der Waals surface area contributed by atoms with E-state index in [1.807, 2.05) is 0 Å². The highest BCUT2D eigenvalue weighted by Gasteiger charge is 2.10. The van der Waals surface area contributed by atoms with Gasteiger partial charge in [-0.25, -0.2) is 9.78 Å². The quantitative estimate of drug-likeness (QED) is 0.594. The molecule has 0 unspecified atom stereocenters. The van der Waals surface area contributed by atoms with Crippen molar-refractivity contribution in [2.45, 2.75) is 6.92 Å². The van der Waals surface area contributed by atoms with Gasteiger partial charge in [0.15, 0.2) is 0 Å². The maximum absolute atomic E-state index is 10.1. The summed E-state index contributed by atoms with van der Waals surface area (Å²) in [5.41, 5.74) is 0.350. The molecule has 0 aromatic carbocycles. The summed E-state index contributed by atoms with van der Waals surface area (Å²) in [6, 6.07) is 0. The minimum absolute atomic E-state index is 0.144. The molecular formula is C5H4NO3. The lowest BCUT2D eigenvalue weighted by Gasteiger charge is -1.83. The van der Waals surface area contributed by atoms with E-state index < -0.39 is 5.97 Å². The van der Waals surface area contributed by atoms with Gasteiger partial charge < -0.3 is 9.52 Å². The number of nitrogens with zero attached hydrogens (tertiary/aromatic N) is 1. The van der Waals surface area contributed by atoms with Crippen LogP contribution >= 0.6 is 0 Å². The molecule has 0 aliphatic heterocycles. The lowest BCUT2D eigenvalue weighted by Crippen LogP contribution is -1.95. The highest BCUT2D eigenvalue weighted by atomic mass is 16.4. The van der Waals surface area contributed by atoms with E-state index in [0.29, 0.717) is 5.69 Å². The molecule has 1 radical (unpaired) electrons. The zero-order valence-electron chi connectivity index (χ0n) is 4.71. The van der Waals surface area contributed by atoms with E-state index in [1.54, 1.807) is 6.92 Å². The number of oxazole rings is 1. The Morgan fingerprint density at radius 2 is 2.56 bits per heavy atom. The average Bonchev–Trinajstić information content (AvgIpc) is 2.13. The second-order valence-corrected chi connectivity index (χ2v) is 1.52. The summed E-state index contributed by atoms with van der Waals surface area (Å²) >= 11 is 0. The van der Waals surface area contributed by atoms with Crippen molar-refractivity contribution in [2.75, 3.05) is 0 Å². The van der Waals surface area contributed by atoms with E-state index in [2.05, 4.69) is 15.8 Å². The summed E-state index contributed by atoms with van der Waals surface area (Å²) in [5, 5.41) is 8.30. The van der Waals surface area contributed by atoms with Gasteiger partial charge >= 0.3 is 5.97 Å². The summed E-state index contributed by atoms with van der Waals surface area (Å²) in [6.45, 7) is 1.55. The van der Waals surface area contributed by atoms with Gasteiger partial charge in [0.1, 0.15) is 0 Å². The lowest BCUT2D eigenvalue weighted by atomic mass is 10.4. The Morgan fingerprint density at radius 1 is 1.89 bits per heavy atom. The van der Waals surface area contributed by atoms with Gasteiger partial charge in [-0.05, 0) is 6.92 Å². The fraction of sp³-hybridized carbons (Fsp3) is 0.200. The molecule has 0 amide bonds. The zero-order chi connectivity index (χ0) is 6.85. The number of hydrogen-bond donors (Lipinski definition) is 1. The molecule has 0 saturated heterocycles. The molecule has 4 nitrogen and oxygen atoms in total. The number of carboxylic acid groups (broad SMARTS) is 1. The molecule has 47 valence electrons. The fourth-order valence-electron chi connectivity index (χ4n) is 0.460. The molecule has 0 aliphatic carbocycles. The predicted octanol–water partition coefficient (Wildman–Crippen LogP) is 0.481. The number of rotatable bonds is 1. The summed E-state index contributed by atoms with van der Waals surface area (Å²) in [5.74, 6) is -1.25. The van der Waals surface area contributed by atoms with E-state index in [1.165, 1.54) is 0 Å². The Balaban J connectivity index is 3.08. The number of aromatic carboxylic acids is 1. The smallest absolute Gasteiger partial charge is 0.373 e. The normalized spacial score (nSPS) is 9.44. The Morgan fingerprint density at radius 3 is 2.78 bits per heavy atom. The van der Waals surface area contributed by atoms with Crippen molar-refractivity contribution in [1.29, 1.82) is 0 Å². The molecular weight excluding hydrogens is 122 g/mol. The Kier molecular flexibility index (Phi) is 1.22. The average molecular weight is 126 g/mol. The van der Waals surface area contributed by atoms with Gasteiger partial charge in [0.05, 0.1) is 5.69 Å². The molecule has 1 aromatic rings. The van der Waals surface area contributed by atoms with Crippen molar-refractivity contribution >= 4 is 5.97 Å². The van der Waals surface area contributed by atoms with Crippen molar-refractivity contribution < 1.29 is 14.3 Å². The molecule has 9 heavy (non-hydrogen) atoms. The lowest BCUT2D eigenvalue weighted by molar-refractivity contribution is 0.0661. The van der Waals surface area contributed by atoms with Gasteiger partial charge in [0.25, 0.3) is 6.39 Å². The van der Waals surface area contributed by atoms with Gasteiger partial charge in [-0.2, -0.15) is 0 Å². The van der Waals surface area contributed by atoms with Crippen molar-refractivity contribution in [1.82, 2.24) is 4.98 Å². The molecule has 1 rings (SSSR count). The van der Waals surface area contributed by atoms with Crippen LogP contribution in [0.5, 0.6) is 0 Å². The first-order chi connectivity index (χ1) is 4.22. The molecule has 1 heterocycles. The first-order valence-corrected chi connectivity index (χ1v) is 2.28. The number of carbonyl (C=O) groups is 1. The molecule has 0 fully saturated rings. The summed E-state index contributed by atoms with van der Waals surface area (Å²) in [7, 11) is 0. The number of aromatic nitrogens is 1. The van der Waals surface area contributed by atoms with E-state index in [-0.39, 0.29) is 5.76 Å². The maximum Gasteiger partial charge on any atom is 0.373 e. The molecule has 0 atom stereocenters. The molecule has 4 heteroatoms. The van der Waals surface area contributed by atoms with Crippen LogP contribution in [0.2, 0.25) is 0 Å². The van der Waals surface area contributed by atoms with E-state index >= 15 is 0 Å². The maximum atomic E-state index is 10.1. The predicted molar refractivity (Wildman–Crippen MR) is 27.0 cm³/mol. The SMILES string of the molecule is Cc1n[c]oc1C(=O)O. The second-order valence-electron chi connectivity index (χ2n) is 1.52. The third kappa shape index (κ3) is 0.910. The van der Waals surface area contributed by atoms with Crippen LogP contribution in [-0.4, -0.2) is 16.1 Å². The van der Waals surface area contributed by atoms with Crippen LogP contribution in [-0.2, 0) is 0 Å². The fourth-order valence-corrected chi connectivity index (χ4v) is 0.460. The van der Waals surface area contributed by atoms with Crippen molar-refractivity contribution in [3.8, 4) is 0 Å². The second kappa shape index (κ2) is 1.89. The minimum Gasteiger partial charge on any atom is -0.475 e. The summed E-state index contributed by atoms with van der Waals surface area (Å²) in [6.07, 6.45) is 2.07. The van der Waals surface area contributed by atoms with Crippen LogP contribution in [0.4, 0.5) is 0 Å². The standard InChI is InChI=1S/C5H4NO3/c1-3-4(5(7)8)9-2-6-3/h1H3,(H,7,8). The van der Waals surface area contributed by atoms with Gasteiger partial charge in [-0.1, -0.05) is 0 Å². The summed E-state index contributed by atoms with van der Waals surface area (Å²) < 4.78 is 4.39. The molecule has 1 aromatic heterocycles. The number of hydrogen-bond acceptors (Lipinski definition) is 3. The van der Waals surface area contributed by atoms with Crippen molar-refractivity contribution in [2.24, 2.45) is 0 Å². The van der Waals surface area contributed by atoms with Crippen molar-refractivity contribution in [3.63, 3.8) is 0 Å². The van der Waals surface area contributed by atoms with Gasteiger partial charge in [0, 0.05) is 0 Å². The highest BCUT2D eigenvalue weighted by molar-refractivity contribution is 5.85. The molecule has 0 spiro atoms. The molecule has 0 aliphatic rings. The van der Waals surface area contributed by atoms with Crippen LogP contribution in [0.15, 0.2) is 4.42 Å². The Hall–Kier alpha value is -1.32. The largest absolute Gasteiger partial charge is 0.475 e. The van der Waals surface area contributed by atoms with Gasteiger partial charge in [-0.15, -0.1) is 0 Å². The van der Waals surface area contributed by atoms with Crippen molar-refractivity contribution in [3.05, 3.63) is 17.8 Å². The Labute approximate surface area is 51.1 Å². The van der Waals surface area contributed by atoms with Crippen LogP contribution in [0.25, 0.3) is 0 Å². The summed E-state index contributed by atoms with van der Waals surface area (Å²) in [4.78, 5) is 13.6. The minimum atomic E-state index is -1.11. The van der Waals surface area contributed by atoms with Crippen LogP contribution in [0.1, 0.15) is 16.2 Å². The van der Waals surface area contributed by atoms with Crippen LogP contribution in [0, 0.1) is 13.3 Å². The van der Waals surface area contributed by atoms with E-state index in [0.717, 1.165) is 0 Å². The third-order valence-corrected chi connectivity index (χ3v) is 0.884. The highest BCUT2D eigenvalue weighted by Crippen LogP contribution is 2.02.